The van der Waals surface area contributed by atoms with Crippen molar-refractivity contribution < 1.29 is 13.2 Å². The molecule has 0 fully saturated rings. The zero-order valence-electron chi connectivity index (χ0n) is 10.8. The number of benzene rings is 1. The second-order valence-corrected chi connectivity index (χ2v) is 7.39. The van der Waals surface area contributed by atoms with Crippen LogP contribution in [0.15, 0.2) is 39.9 Å². The maximum atomic E-state index is 11.9. The number of rotatable bonds is 6. The smallest absolute Gasteiger partial charge is 0.250 e. The SMILES string of the molecule is COc1ccc(CCNS(=O)(=O)c2cccs2)c(Cl)c1. The first kappa shape index (κ1) is 15.3. The molecule has 7 heteroatoms. The van der Waals surface area contributed by atoms with Crippen LogP contribution in [0.4, 0.5) is 0 Å². The Kier molecular flexibility index (Phi) is 5.04. The van der Waals surface area contributed by atoms with Crippen molar-refractivity contribution in [2.75, 3.05) is 13.7 Å². The van der Waals surface area contributed by atoms with E-state index in [0.717, 1.165) is 5.56 Å². The van der Waals surface area contributed by atoms with Gasteiger partial charge in [0, 0.05) is 11.6 Å². The average molecular weight is 332 g/mol. The molecule has 1 N–H and O–H groups in total. The molecule has 0 aliphatic carbocycles. The number of methoxy groups -OCH3 is 1. The van der Waals surface area contributed by atoms with Crippen LogP contribution >= 0.6 is 22.9 Å². The van der Waals surface area contributed by atoms with E-state index in [0.29, 0.717) is 27.9 Å². The Morgan fingerprint density at radius 2 is 2.15 bits per heavy atom. The van der Waals surface area contributed by atoms with Crippen molar-refractivity contribution in [2.24, 2.45) is 0 Å². The second-order valence-electron chi connectivity index (χ2n) is 4.04. The van der Waals surface area contributed by atoms with Crippen LogP contribution in [-0.2, 0) is 16.4 Å². The average Bonchev–Trinajstić information content (AvgIpc) is 2.95. The van der Waals surface area contributed by atoms with Gasteiger partial charge in [0.05, 0.1) is 7.11 Å². The summed E-state index contributed by atoms with van der Waals surface area (Å²) < 4.78 is 31.8. The van der Waals surface area contributed by atoms with Crippen molar-refractivity contribution in [2.45, 2.75) is 10.6 Å². The molecule has 0 saturated carbocycles. The number of ether oxygens (including phenoxy) is 1. The van der Waals surface area contributed by atoms with E-state index in [1.165, 1.54) is 11.3 Å². The fraction of sp³-hybridized carbons (Fsp3) is 0.231. The molecule has 2 rings (SSSR count). The predicted octanol–water partition coefficient (Wildman–Crippen LogP) is 2.93. The summed E-state index contributed by atoms with van der Waals surface area (Å²) in [7, 11) is -1.84. The van der Waals surface area contributed by atoms with Gasteiger partial charge in [-0.05, 0) is 35.6 Å². The van der Waals surface area contributed by atoms with Crippen LogP contribution in [-0.4, -0.2) is 22.1 Å². The summed E-state index contributed by atoms with van der Waals surface area (Å²) in [5, 5.41) is 2.30. The van der Waals surface area contributed by atoms with E-state index in [-0.39, 0.29) is 0 Å². The molecule has 0 radical (unpaired) electrons. The Morgan fingerprint density at radius 3 is 2.75 bits per heavy atom. The van der Waals surface area contributed by atoms with Crippen molar-refractivity contribution in [1.29, 1.82) is 0 Å². The molecule has 1 aromatic heterocycles. The molecular weight excluding hydrogens is 318 g/mol. The minimum absolute atomic E-state index is 0.298. The first-order chi connectivity index (χ1) is 9.53. The number of thiophene rings is 1. The highest BCUT2D eigenvalue weighted by molar-refractivity contribution is 7.91. The maximum Gasteiger partial charge on any atom is 0.250 e. The highest BCUT2D eigenvalue weighted by Gasteiger charge is 2.14. The standard InChI is InChI=1S/C13H14ClNO3S2/c1-18-11-5-4-10(12(14)9-11)6-7-15-20(16,17)13-3-2-8-19-13/h2-5,8-9,15H,6-7H2,1H3. The Balaban J connectivity index is 1.97. The molecule has 0 bridgehead atoms. The third kappa shape index (κ3) is 3.73. The van der Waals surface area contributed by atoms with Crippen LogP contribution in [0.25, 0.3) is 0 Å². The summed E-state index contributed by atoms with van der Waals surface area (Å²) in [6, 6.07) is 8.63. The van der Waals surface area contributed by atoms with Crippen molar-refractivity contribution >= 4 is 33.0 Å². The monoisotopic (exact) mass is 331 g/mol. The van der Waals surface area contributed by atoms with Gasteiger partial charge in [-0.3, -0.25) is 0 Å². The molecular formula is C13H14ClNO3S2. The Morgan fingerprint density at radius 1 is 1.35 bits per heavy atom. The van der Waals surface area contributed by atoms with E-state index in [4.69, 9.17) is 16.3 Å². The molecule has 1 heterocycles. The molecule has 2 aromatic rings. The van der Waals surface area contributed by atoms with Gasteiger partial charge in [-0.2, -0.15) is 0 Å². The summed E-state index contributed by atoms with van der Waals surface area (Å²) in [6.07, 6.45) is 0.521. The lowest BCUT2D eigenvalue weighted by Crippen LogP contribution is -2.25. The van der Waals surface area contributed by atoms with Gasteiger partial charge < -0.3 is 4.74 Å². The van der Waals surface area contributed by atoms with Crippen LogP contribution in [0.1, 0.15) is 5.56 Å². The molecule has 4 nitrogen and oxygen atoms in total. The summed E-state index contributed by atoms with van der Waals surface area (Å²) in [5.74, 6) is 0.679. The summed E-state index contributed by atoms with van der Waals surface area (Å²) in [4.78, 5) is 0. The second kappa shape index (κ2) is 6.58. The van der Waals surface area contributed by atoms with E-state index in [1.807, 2.05) is 6.07 Å². The first-order valence-corrected chi connectivity index (χ1v) is 8.62. The van der Waals surface area contributed by atoms with Gasteiger partial charge in [0.25, 0.3) is 0 Å². The van der Waals surface area contributed by atoms with E-state index in [2.05, 4.69) is 4.72 Å². The predicted molar refractivity (Wildman–Crippen MR) is 81.2 cm³/mol. The molecule has 1 aromatic carbocycles. The quantitative estimate of drug-likeness (QED) is 0.885. The molecule has 0 amide bonds. The fourth-order valence-corrected chi connectivity index (χ4v) is 4.00. The largest absolute Gasteiger partial charge is 0.497 e. The lowest BCUT2D eigenvalue weighted by molar-refractivity contribution is 0.414. The fourth-order valence-electron chi connectivity index (χ4n) is 1.67. The molecule has 0 atom stereocenters. The summed E-state index contributed by atoms with van der Waals surface area (Å²) in [6.45, 7) is 0.298. The molecule has 0 spiro atoms. The van der Waals surface area contributed by atoms with Gasteiger partial charge >= 0.3 is 0 Å². The topological polar surface area (TPSA) is 55.4 Å². The van der Waals surface area contributed by atoms with Gasteiger partial charge in [-0.15, -0.1) is 11.3 Å². The van der Waals surface area contributed by atoms with Crippen LogP contribution in [0.3, 0.4) is 0 Å². The molecule has 20 heavy (non-hydrogen) atoms. The number of sulfonamides is 1. The third-order valence-corrected chi connectivity index (χ3v) is 5.92. The Hall–Kier alpha value is -1.08. The van der Waals surface area contributed by atoms with Crippen LogP contribution in [0, 0.1) is 0 Å². The number of hydrogen-bond acceptors (Lipinski definition) is 4. The van der Waals surface area contributed by atoms with Gasteiger partial charge in [-0.25, -0.2) is 13.1 Å². The van der Waals surface area contributed by atoms with Gasteiger partial charge in [0.1, 0.15) is 9.96 Å². The number of nitrogens with one attached hydrogen (secondary N) is 1. The number of hydrogen-bond donors (Lipinski definition) is 1. The summed E-state index contributed by atoms with van der Waals surface area (Å²) >= 11 is 7.29. The minimum Gasteiger partial charge on any atom is -0.497 e. The lowest BCUT2D eigenvalue weighted by Gasteiger charge is -2.08. The molecule has 0 saturated heterocycles. The van der Waals surface area contributed by atoms with Gasteiger partial charge in [0.2, 0.25) is 10.0 Å². The first-order valence-electron chi connectivity index (χ1n) is 5.88. The summed E-state index contributed by atoms with van der Waals surface area (Å²) in [5.41, 5.74) is 0.876. The van der Waals surface area contributed by atoms with Crippen LogP contribution < -0.4 is 9.46 Å². The molecule has 0 unspecified atom stereocenters. The van der Waals surface area contributed by atoms with Crippen molar-refractivity contribution in [3.05, 3.63) is 46.3 Å². The maximum absolute atomic E-state index is 11.9. The molecule has 0 aliphatic rings. The lowest BCUT2D eigenvalue weighted by atomic mass is 10.1. The zero-order valence-corrected chi connectivity index (χ0v) is 13.2. The van der Waals surface area contributed by atoms with Gasteiger partial charge in [-0.1, -0.05) is 23.7 Å². The van der Waals surface area contributed by atoms with E-state index < -0.39 is 10.0 Å². The van der Waals surface area contributed by atoms with Crippen LogP contribution in [0.2, 0.25) is 5.02 Å². The van der Waals surface area contributed by atoms with E-state index in [9.17, 15) is 8.42 Å². The normalized spacial score (nSPS) is 11.5. The van der Waals surface area contributed by atoms with Crippen LogP contribution in [0.5, 0.6) is 5.75 Å². The molecule has 108 valence electrons. The zero-order chi connectivity index (χ0) is 14.6. The molecule has 0 aliphatic heterocycles. The highest BCUT2D eigenvalue weighted by atomic mass is 35.5. The number of halogens is 1. The van der Waals surface area contributed by atoms with Crippen molar-refractivity contribution in [1.82, 2.24) is 4.72 Å². The minimum atomic E-state index is -3.41. The van der Waals surface area contributed by atoms with Gasteiger partial charge in [0.15, 0.2) is 0 Å². The van der Waals surface area contributed by atoms with Crippen molar-refractivity contribution in [3.63, 3.8) is 0 Å². The van der Waals surface area contributed by atoms with E-state index in [1.54, 1.807) is 36.8 Å². The van der Waals surface area contributed by atoms with Crippen molar-refractivity contribution in [3.8, 4) is 5.75 Å². The Labute approximate surface area is 127 Å². The van der Waals surface area contributed by atoms with E-state index >= 15 is 0 Å². The third-order valence-electron chi connectivity index (χ3n) is 2.71. The highest BCUT2D eigenvalue weighted by Crippen LogP contribution is 2.22. The Bertz CT molecular complexity index is 669.